The molecule has 1 aliphatic heterocycles. The highest BCUT2D eigenvalue weighted by Crippen LogP contribution is 2.31. The van der Waals surface area contributed by atoms with E-state index < -0.39 is 0 Å². The van der Waals surface area contributed by atoms with Gasteiger partial charge in [0.05, 0.1) is 0 Å². The van der Waals surface area contributed by atoms with E-state index in [2.05, 4.69) is 21.8 Å². The highest BCUT2D eigenvalue weighted by molar-refractivity contribution is 6.30. The standard InChI is InChI=1S/C13H20ClN3O/c1-2-11-12(14)15-9-16-13(11)17-7-3-5-10(17)6-4-8-18/h9-10,18H,2-8H2,1H3. The summed E-state index contributed by atoms with van der Waals surface area (Å²) in [5.41, 5.74) is 1.04. The van der Waals surface area contributed by atoms with Gasteiger partial charge in [0.1, 0.15) is 17.3 Å². The van der Waals surface area contributed by atoms with Crippen molar-refractivity contribution in [3.8, 4) is 0 Å². The smallest absolute Gasteiger partial charge is 0.137 e. The first-order valence-corrected chi connectivity index (χ1v) is 7.02. The lowest BCUT2D eigenvalue weighted by Crippen LogP contribution is -2.31. The van der Waals surface area contributed by atoms with Crippen LogP contribution in [0.15, 0.2) is 6.33 Å². The molecule has 0 amide bonds. The molecule has 1 aromatic rings. The van der Waals surface area contributed by atoms with Gasteiger partial charge in [0.25, 0.3) is 0 Å². The van der Waals surface area contributed by atoms with Crippen LogP contribution < -0.4 is 4.90 Å². The second-order valence-electron chi connectivity index (χ2n) is 4.68. The number of nitrogens with zero attached hydrogens (tertiary/aromatic N) is 3. The van der Waals surface area contributed by atoms with Gasteiger partial charge in [-0.2, -0.15) is 0 Å². The molecule has 1 unspecified atom stereocenters. The number of aliphatic hydroxyl groups excluding tert-OH is 1. The van der Waals surface area contributed by atoms with Crippen LogP contribution in [0.3, 0.4) is 0 Å². The minimum atomic E-state index is 0.259. The Morgan fingerprint density at radius 2 is 2.33 bits per heavy atom. The Morgan fingerprint density at radius 1 is 1.50 bits per heavy atom. The zero-order valence-corrected chi connectivity index (χ0v) is 11.5. The molecule has 1 saturated heterocycles. The SMILES string of the molecule is CCc1c(Cl)ncnc1N1CCCC1CCCO. The molecule has 0 spiro atoms. The zero-order valence-electron chi connectivity index (χ0n) is 10.8. The van der Waals surface area contributed by atoms with Gasteiger partial charge in [-0.3, -0.25) is 0 Å². The van der Waals surface area contributed by atoms with Gasteiger partial charge in [0.2, 0.25) is 0 Å². The number of halogens is 1. The molecule has 18 heavy (non-hydrogen) atoms. The van der Waals surface area contributed by atoms with Gasteiger partial charge in [0, 0.05) is 24.8 Å². The maximum Gasteiger partial charge on any atom is 0.137 e. The van der Waals surface area contributed by atoms with Crippen LogP contribution in [0.2, 0.25) is 5.15 Å². The first-order chi connectivity index (χ1) is 8.77. The van der Waals surface area contributed by atoms with E-state index in [1.54, 1.807) is 0 Å². The largest absolute Gasteiger partial charge is 0.396 e. The molecule has 1 N–H and O–H groups in total. The van der Waals surface area contributed by atoms with E-state index in [0.717, 1.165) is 37.2 Å². The lowest BCUT2D eigenvalue weighted by molar-refractivity contribution is 0.279. The summed E-state index contributed by atoms with van der Waals surface area (Å²) in [5, 5.41) is 9.53. The summed E-state index contributed by atoms with van der Waals surface area (Å²) in [6.07, 6.45) is 6.60. The summed E-state index contributed by atoms with van der Waals surface area (Å²) >= 11 is 6.14. The number of aromatic nitrogens is 2. The van der Waals surface area contributed by atoms with Crippen molar-refractivity contribution in [2.75, 3.05) is 18.1 Å². The number of hydrogen-bond acceptors (Lipinski definition) is 4. The highest BCUT2D eigenvalue weighted by Gasteiger charge is 2.27. The number of rotatable bonds is 5. The molecule has 1 atom stereocenters. The molecule has 1 aromatic heterocycles. The van der Waals surface area contributed by atoms with Crippen molar-refractivity contribution < 1.29 is 5.11 Å². The third kappa shape index (κ3) is 2.75. The molecule has 5 heteroatoms. The Kier molecular flexibility index (Phi) is 4.78. The van der Waals surface area contributed by atoms with E-state index in [-0.39, 0.29) is 6.61 Å². The minimum Gasteiger partial charge on any atom is -0.396 e. The minimum absolute atomic E-state index is 0.259. The van der Waals surface area contributed by atoms with Gasteiger partial charge in [-0.25, -0.2) is 9.97 Å². The second kappa shape index (κ2) is 6.34. The molecule has 0 aliphatic carbocycles. The van der Waals surface area contributed by atoms with Crippen LogP contribution in [0.25, 0.3) is 0 Å². The van der Waals surface area contributed by atoms with Crippen molar-refractivity contribution in [1.82, 2.24) is 9.97 Å². The van der Waals surface area contributed by atoms with Gasteiger partial charge < -0.3 is 10.0 Å². The van der Waals surface area contributed by atoms with Crippen molar-refractivity contribution in [3.63, 3.8) is 0 Å². The fraction of sp³-hybridized carbons (Fsp3) is 0.692. The van der Waals surface area contributed by atoms with Gasteiger partial charge in [-0.1, -0.05) is 18.5 Å². The Labute approximate surface area is 113 Å². The third-order valence-electron chi connectivity index (χ3n) is 3.57. The molecule has 2 rings (SSSR count). The highest BCUT2D eigenvalue weighted by atomic mass is 35.5. The average molecular weight is 270 g/mol. The zero-order chi connectivity index (χ0) is 13.0. The Balaban J connectivity index is 2.21. The summed E-state index contributed by atoms with van der Waals surface area (Å²) in [7, 11) is 0. The first kappa shape index (κ1) is 13.6. The predicted molar refractivity (Wildman–Crippen MR) is 73.1 cm³/mol. The second-order valence-corrected chi connectivity index (χ2v) is 5.03. The van der Waals surface area contributed by atoms with Crippen molar-refractivity contribution in [2.45, 2.75) is 45.1 Å². The lowest BCUT2D eigenvalue weighted by Gasteiger charge is -2.27. The molecule has 0 bridgehead atoms. The van der Waals surface area contributed by atoms with Gasteiger partial charge in [-0.15, -0.1) is 0 Å². The fourth-order valence-corrected chi connectivity index (χ4v) is 2.94. The third-order valence-corrected chi connectivity index (χ3v) is 3.89. The predicted octanol–water partition coefficient (Wildman–Crippen LogP) is 2.43. The molecule has 2 heterocycles. The molecule has 100 valence electrons. The molecule has 4 nitrogen and oxygen atoms in total. The number of anilines is 1. The van der Waals surface area contributed by atoms with Crippen LogP contribution in [0.1, 0.15) is 38.2 Å². The summed E-state index contributed by atoms with van der Waals surface area (Å²) in [5.74, 6) is 0.984. The van der Waals surface area contributed by atoms with Crippen LogP contribution in [-0.4, -0.2) is 34.3 Å². The normalized spacial score (nSPS) is 19.5. The Morgan fingerprint density at radius 3 is 3.06 bits per heavy atom. The van der Waals surface area contributed by atoms with Crippen molar-refractivity contribution >= 4 is 17.4 Å². The first-order valence-electron chi connectivity index (χ1n) is 6.64. The maximum absolute atomic E-state index is 8.96. The van der Waals surface area contributed by atoms with E-state index in [9.17, 15) is 0 Å². The quantitative estimate of drug-likeness (QED) is 0.834. The monoisotopic (exact) mass is 269 g/mol. The molecule has 1 fully saturated rings. The molecule has 0 radical (unpaired) electrons. The Hall–Kier alpha value is -0.870. The summed E-state index contributed by atoms with van der Waals surface area (Å²) < 4.78 is 0. The molecular formula is C13H20ClN3O. The van der Waals surface area contributed by atoms with E-state index >= 15 is 0 Å². The van der Waals surface area contributed by atoms with Gasteiger partial charge in [0.15, 0.2) is 0 Å². The molecular weight excluding hydrogens is 250 g/mol. The molecule has 1 aliphatic rings. The number of hydrogen-bond donors (Lipinski definition) is 1. The summed E-state index contributed by atoms with van der Waals surface area (Å²) in [6, 6.07) is 0.480. The van der Waals surface area contributed by atoms with Crippen LogP contribution >= 0.6 is 11.6 Å². The van der Waals surface area contributed by atoms with E-state index in [4.69, 9.17) is 16.7 Å². The topological polar surface area (TPSA) is 49.2 Å². The Bertz CT molecular complexity index is 400. The van der Waals surface area contributed by atoms with Crippen LogP contribution in [0, 0.1) is 0 Å². The van der Waals surface area contributed by atoms with E-state index in [1.165, 1.54) is 19.2 Å². The van der Waals surface area contributed by atoms with Gasteiger partial charge >= 0.3 is 0 Å². The van der Waals surface area contributed by atoms with Crippen LogP contribution in [0.4, 0.5) is 5.82 Å². The van der Waals surface area contributed by atoms with Crippen LogP contribution in [-0.2, 0) is 6.42 Å². The molecule has 0 saturated carbocycles. The fourth-order valence-electron chi connectivity index (χ4n) is 2.68. The van der Waals surface area contributed by atoms with Crippen LogP contribution in [0.5, 0.6) is 0 Å². The van der Waals surface area contributed by atoms with Crippen molar-refractivity contribution in [3.05, 3.63) is 17.0 Å². The molecule has 0 aromatic carbocycles. The van der Waals surface area contributed by atoms with E-state index in [0.29, 0.717) is 11.2 Å². The summed E-state index contributed by atoms with van der Waals surface area (Å²) in [4.78, 5) is 10.8. The average Bonchev–Trinajstić information content (AvgIpc) is 2.84. The van der Waals surface area contributed by atoms with Crippen molar-refractivity contribution in [2.24, 2.45) is 0 Å². The summed E-state index contributed by atoms with van der Waals surface area (Å²) in [6.45, 7) is 3.36. The van der Waals surface area contributed by atoms with Crippen molar-refractivity contribution in [1.29, 1.82) is 0 Å². The number of aliphatic hydroxyl groups is 1. The van der Waals surface area contributed by atoms with Gasteiger partial charge in [-0.05, 0) is 32.1 Å². The van der Waals surface area contributed by atoms with E-state index in [1.807, 2.05) is 0 Å². The maximum atomic E-state index is 8.96. The lowest BCUT2D eigenvalue weighted by atomic mass is 10.1.